The Hall–Kier alpha value is -2.77. The van der Waals surface area contributed by atoms with Crippen LogP contribution in [0, 0.1) is 0 Å². The molecule has 0 aliphatic heterocycles. The first-order valence-electron chi connectivity index (χ1n) is 7.82. The zero-order valence-corrected chi connectivity index (χ0v) is 15.5. The van der Waals surface area contributed by atoms with Gasteiger partial charge in [-0.3, -0.25) is 0 Å². The quantitative estimate of drug-likeness (QED) is 0.465. The summed E-state index contributed by atoms with van der Waals surface area (Å²) in [5, 5.41) is 2.76. The fourth-order valence-electron chi connectivity index (χ4n) is 2.47. The Labute approximate surface area is 157 Å². The second-order valence-electron chi connectivity index (χ2n) is 5.49. The first-order valence-corrected chi connectivity index (χ1v) is 9.58. The molecule has 2 aromatic carbocycles. The number of hydrogen-bond acceptors (Lipinski definition) is 7. The van der Waals surface area contributed by atoms with Crippen LogP contribution in [0.25, 0.3) is 20.8 Å². The highest BCUT2D eigenvalue weighted by Gasteiger charge is 2.11. The van der Waals surface area contributed by atoms with Crippen molar-refractivity contribution in [1.82, 2.24) is 9.97 Å². The van der Waals surface area contributed by atoms with E-state index < -0.39 is 0 Å². The second-order valence-corrected chi connectivity index (χ2v) is 7.23. The van der Waals surface area contributed by atoms with Gasteiger partial charge >= 0.3 is 5.97 Å². The van der Waals surface area contributed by atoms with E-state index in [-0.39, 0.29) is 12.6 Å². The summed E-state index contributed by atoms with van der Waals surface area (Å²) in [6.07, 6.45) is 0. The lowest BCUT2D eigenvalue weighted by Gasteiger charge is -2.03. The summed E-state index contributed by atoms with van der Waals surface area (Å²) in [7, 11) is 1.63. The van der Waals surface area contributed by atoms with E-state index in [1.165, 1.54) is 22.7 Å². The molecule has 4 rings (SSSR count). The molecule has 0 saturated carbocycles. The molecule has 26 heavy (non-hydrogen) atoms. The molecule has 4 aromatic rings. The predicted molar refractivity (Wildman–Crippen MR) is 103 cm³/mol. The normalized spacial score (nSPS) is 10.8. The van der Waals surface area contributed by atoms with Crippen LogP contribution < -0.4 is 4.74 Å². The van der Waals surface area contributed by atoms with Crippen molar-refractivity contribution in [3.8, 4) is 16.3 Å². The number of fused-ring (bicyclic) bond motifs is 1. The number of carbonyl (C=O) groups excluding carboxylic acids is 1. The largest absolute Gasteiger partial charge is 0.497 e. The molecule has 0 spiro atoms. The Morgan fingerprint density at radius 2 is 2.08 bits per heavy atom. The minimum Gasteiger partial charge on any atom is -0.497 e. The van der Waals surface area contributed by atoms with Crippen molar-refractivity contribution >= 4 is 38.9 Å². The summed E-state index contributed by atoms with van der Waals surface area (Å²) in [5.41, 5.74) is 4.86. The highest BCUT2D eigenvalue weighted by atomic mass is 32.1. The molecule has 0 aliphatic rings. The fraction of sp³-hybridized carbons (Fsp3) is 0.105. The van der Waals surface area contributed by atoms with Crippen LogP contribution in [0.3, 0.4) is 0 Å². The van der Waals surface area contributed by atoms with Gasteiger partial charge in [-0.05, 0) is 30.3 Å². The van der Waals surface area contributed by atoms with E-state index in [9.17, 15) is 4.79 Å². The fourth-order valence-corrected chi connectivity index (χ4v) is 3.98. The Balaban J connectivity index is 1.44. The number of hydrogen-bond donors (Lipinski definition) is 0. The van der Waals surface area contributed by atoms with E-state index in [0.29, 0.717) is 5.56 Å². The summed E-state index contributed by atoms with van der Waals surface area (Å²) >= 11 is 3.01. The Morgan fingerprint density at radius 3 is 2.96 bits per heavy atom. The van der Waals surface area contributed by atoms with Crippen LogP contribution in [0.15, 0.2) is 53.4 Å². The smallest absolute Gasteiger partial charge is 0.338 e. The molecule has 0 bridgehead atoms. The van der Waals surface area contributed by atoms with Crippen molar-refractivity contribution in [3.63, 3.8) is 0 Å². The maximum absolute atomic E-state index is 12.3. The molecule has 0 atom stereocenters. The van der Waals surface area contributed by atoms with E-state index >= 15 is 0 Å². The van der Waals surface area contributed by atoms with Crippen LogP contribution in [0.4, 0.5) is 0 Å². The summed E-state index contributed by atoms with van der Waals surface area (Å²) in [6.45, 7) is 0.139. The van der Waals surface area contributed by atoms with Gasteiger partial charge in [0.2, 0.25) is 0 Å². The van der Waals surface area contributed by atoms with Gasteiger partial charge in [0.15, 0.2) is 0 Å². The van der Waals surface area contributed by atoms with Crippen molar-refractivity contribution in [1.29, 1.82) is 0 Å². The number of rotatable bonds is 5. The van der Waals surface area contributed by atoms with E-state index in [4.69, 9.17) is 9.47 Å². The van der Waals surface area contributed by atoms with Crippen molar-refractivity contribution in [3.05, 3.63) is 64.6 Å². The van der Waals surface area contributed by atoms with E-state index in [1.54, 1.807) is 24.8 Å². The van der Waals surface area contributed by atoms with Crippen LogP contribution >= 0.6 is 22.7 Å². The van der Waals surface area contributed by atoms with Crippen molar-refractivity contribution in [2.45, 2.75) is 6.61 Å². The topological polar surface area (TPSA) is 61.3 Å². The Bertz CT molecular complexity index is 1070. The van der Waals surface area contributed by atoms with E-state index in [2.05, 4.69) is 9.97 Å². The average Bonchev–Trinajstić information content (AvgIpc) is 3.34. The van der Waals surface area contributed by atoms with Gasteiger partial charge in [-0.15, -0.1) is 22.7 Å². The number of methoxy groups -OCH3 is 1. The molecule has 0 N–H and O–H groups in total. The Kier molecular flexibility index (Phi) is 4.64. The van der Waals surface area contributed by atoms with Crippen molar-refractivity contribution in [2.24, 2.45) is 0 Å². The second kappa shape index (κ2) is 7.23. The zero-order valence-electron chi connectivity index (χ0n) is 13.8. The molecule has 130 valence electrons. The van der Waals surface area contributed by atoms with Crippen LogP contribution in [0.5, 0.6) is 5.75 Å². The number of esters is 1. The van der Waals surface area contributed by atoms with E-state index in [1.807, 2.05) is 35.7 Å². The maximum Gasteiger partial charge on any atom is 0.338 e. The molecule has 0 saturated heterocycles. The summed E-state index contributed by atoms with van der Waals surface area (Å²) < 4.78 is 11.6. The lowest BCUT2D eigenvalue weighted by molar-refractivity contribution is 0.0468. The van der Waals surface area contributed by atoms with Gasteiger partial charge in [0.05, 0.1) is 34.1 Å². The minimum absolute atomic E-state index is 0.139. The number of ether oxygens (including phenoxy) is 2. The molecule has 0 unspecified atom stereocenters. The maximum atomic E-state index is 12.3. The molecule has 0 amide bonds. The standard InChI is InChI=1S/C19H14N2O3S2/c1-23-15-4-2-3-12(7-15)18-21-14(10-25-18)9-24-19(22)13-5-6-16-17(8-13)26-11-20-16/h2-8,10-11H,9H2,1H3. The number of aromatic nitrogens is 2. The first-order chi connectivity index (χ1) is 12.7. The molecule has 0 aliphatic carbocycles. The van der Waals surface area contributed by atoms with Crippen LogP contribution in [-0.4, -0.2) is 23.0 Å². The van der Waals surface area contributed by atoms with Gasteiger partial charge in [-0.2, -0.15) is 0 Å². The zero-order chi connectivity index (χ0) is 17.9. The lowest BCUT2D eigenvalue weighted by Crippen LogP contribution is -2.05. The average molecular weight is 382 g/mol. The molecule has 5 nitrogen and oxygen atoms in total. The van der Waals surface area contributed by atoms with Gasteiger partial charge in [-0.1, -0.05) is 12.1 Å². The molecule has 7 heteroatoms. The Morgan fingerprint density at radius 1 is 1.15 bits per heavy atom. The molecule has 0 radical (unpaired) electrons. The number of nitrogens with zero attached hydrogens (tertiary/aromatic N) is 2. The molecule has 0 fully saturated rings. The SMILES string of the molecule is COc1cccc(-c2nc(COC(=O)c3ccc4ncsc4c3)cs2)c1. The molecule has 2 heterocycles. The lowest BCUT2D eigenvalue weighted by atomic mass is 10.2. The van der Waals surface area contributed by atoms with Gasteiger partial charge in [0.25, 0.3) is 0 Å². The third-order valence-corrected chi connectivity index (χ3v) is 5.52. The summed E-state index contributed by atoms with van der Waals surface area (Å²) in [6, 6.07) is 13.1. The summed E-state index contributed by atoms with van der Waals surface area (Å²) in [5.74, 6) is 0.417. The third kappa shape index (κ3) is 3.44. The highest BCUT2D eigenvalue weighted by Crippen LogP contribution is 2.27. The first kappa shape index (κ1) is 16.7. The number of carbonyl (C=O) groups is 1. The molecular weight excluding hydrogens is 368 g/mol. The predicted octanol–water partition coefficient (Wildman–Crippen LogP) is 4.79. The van der Waals surface area contributed by atoms with Crippen LogP contribution in [-0.2, 0) is 11.3 Å². The van der Waals surface area contributed by atoms with Crippen LogP contribution in [0.2, 0.25) is 0 Å². The van der Waals surface area contributed by atoms with Crippen LogP contribution in [0.1, 0.15) is 16.1 Å². The van der Waals surface area contributed by atoms with Gasteiger partial charge < -0.3 is 9.47 Å². The van der Waals surface area contributed by atoms with Gasteiger partial charge in [0, 0.05) is 10.9 Å². The van der Waals surface area contributed by atoms with Gasteiger partial charge in [-0.25, -0.2) is 14.8 Å². The van der Waals surface area contributed by atoms with Crippen molar-refractivity contribution < 1.29 is 14.3 Å². The monoisotopic (exact) mass is 382 g/mol. The highest BCUT2D eigenvalue weighted by molar-refractivity contribution is 7.16. The number of benzene rings is 2. The van der Waals surface area contributed by atoms with Crippen molar-refractivity contribution in [2.75, 3.05) is 7.11 Å². The third-order valence-electron chi connectivity index (χ3n) is 3.79. The van der Waals surface area contributed by atoms with Gasteiger partial charge in [0.1, 0.15) is 17.4 Å². The summed E-state index contributed by atoms with van der Waals surface area (Å²) in [4.78, 5) is 21.0. The molecule has 2 aromatic heterocycles. The number of thiazole rings is 2. The molecular formula is C19H14N2O3S2. The minimum atomic E-state index is -0.365. The van der Waals surface area contributed by atoms with E-state index in [0.717, 1.165) is 32.2 Å².